The Labute approximate surface area is 204 Å². The van der Waals surface area contributed by atoms with Crippen molar-refractivity contribution in [2.75, 3.05) is 19.5 Å². The summed E-state index contributed by atoms with van der Waals surface area (Å²) in [7, 11) is 3.24. The lowest BCUT2D eigenvalue weighted by Crippen LogP contribution is -2.09. The van der Waals surface area contributed by atoms with E-state index in [0.717, 1.165) is 44.5 Å². The van der Waals surface area contributed by atoms with Gasteiger partial charge in [0.1, 0.15) is 17.1 Å². The SMILES string of the molecule is COc1cccc(-c2coc3c(C)c(OC)c(/C(C)=C/C(=O)Nc4cccc(C(C)=O)c4)cc23)c1. The fourth-order valence-electron chi connectivity index (χ4n) is 4.15. The number of fused-ring (bicyclic) bond motifs is 1. The summed E-state index contributed by atoms with van der Waals surface area (Å²) in [6, 6.07) is 16.6. The first-order valence-corrected chi connectivity index (χ1v) is 11.2. The highest BCUT2D eigenvalue weighted by atomic mass is 16.5. The zero-order valence-corrected chi connectivity index (χ0v) is 20.4. The second-order valence-corrected chi connectivity index (χ2v) is 8.29. The van der Waals surface area contributed by atoms with Crippen molar-refractivity contribution >= 4 is 33.9 Å². The molecule has 35 heavy (non-hydrogen) atoms. The molecule has 0 atom stereocenters. The van der Waals surface area contributed by atoms with E-state index in [1.807, 2.05) is 44.2 Å². The summed E-state index contributed by atoms with van der Waals surface area (Å²) in [6.07, 6.45) is 3.25. The highest BCUT2D eigenvalue weighted by molar-refractivity contribution is 6.06. The number of allylic oxidation sites excluding steroid dienone is 1. The van der Waals surface area contributed by atoms with Crippen LogP contribution < -0.4 is 14.8 Å². The van der Waals surface area contributed by atoms with E-state index in [0.29, 0.717) is 17.0 Å². The van der Waals surface area contributed by atoms with Crippen molar-refractivity contribution in [1.29, 1.82) is 0 Å². The lowest BCUT2D eigenvalue weighted by Gasteiger charge is -2.13. The third-order valence-electron chi connectivity index (χ3n) is 5.94. The molecule has 0 bridgehead atoms. The van der Waals surface area contributed by atoms with Crippen LogP contribution in [-0.2, 0) is 4.79 Å². The molecule has 0 saturated carbocycles. The number of ether oxygens (including phenoxy) is 2. The molecular formula is C29H27NO5. The van der Waals surface area contributed by atoms with Crippen LogP contribution in [0.15, 0.2) is 71.4 Å². The molecule has 178 valence electrons. The van der Waals surface area contributed by atoms with Crippen LogP contribution >= 0.6 is 0 Å². The van der Waals surface area contributed by atoms with Crippen LogP contribution in [-0.4, -0.2) is 25.9 Å². The first-order chi connectivity index (χ1) is 16.8. The first kappa shape index (κ1) is 23.8. The number of hydrogen-bond donors (Lipinski definition) is 1. The summed E-state index contributed by atoms with van der Waals surface area (Å²) >= 11 is 0. The predicted octanol–water partition coefficient (Wildman–Crippen LogP) is 6.67. The molecule has 1 amide bonds. The number of rotatable bonds is 7. The minimum absolute atomic E-state index is 0.0618. The van der Waals surface area contributed by atoms with E-state index < -0.39 is 0 Å². The number of hydrogen-bond acceptors (Lipinski definition) is 5. The van der Waals surface area contributed by atoms with Gasteiger partial charge in [-0.15, -0.1) is 0 Å². The quantitative estimate of drug-likeness (QED) is 0.242. The number of benzene rings is 3. The molecule has 4 rings (SSSR count). The second-order valence-electron chi connectivity index (χ2n) is 8.29. The molecule has 0 saturated heterocycles. The van der Waals surface area contributed by atoms with Crippen molar-refractivity contribution < 1.29 is 23.5 Å². The van der Waals surface area contributed by atoms with Crippen LogP contribution in [0.3, 0.4) is 0 Å². The molecule has 1 aromatic heterocycles. The van der Waals surface area contributed by atoms with Crippen molar-refractivity contribution in [2.24, 2.45) is 0 Å². The number of carbonyl (C=O) groups excluding carboxylic acids is 2. The Balaban J connectivity index is 1.74. The first-order valence-electron chi connectivity index (χ1n) is 11.2. The zero-order chi connectivity index (χ0) is 25.1. The molecule has 1 N–H and O–H groups in total. The van der Waals surface area contributed by atoms with E-state index >= 15 is 0 Å². The normalized spacial score (nSPS) is 11.4. The maximum atomic E-state index is 12.8. The van der Waals surface area contributed by atoms with E-state index in [1.54, 1.807) is 44.7 Å². The van der Waals surface area contributed by atoms with Gasteiger partial charge in [-0.05, 0) is 62.2 Å². The molecule has 3 aromatic carbocycles. The van der Waals surface area contributed by atoms with Crippen molar-refractivity contribution in [2.45, 2.75) is 20.8 Å². The Hall–Kier alpha value is -4.32. The standard InChI is InChI=1S/C29H27NO5/c1-17(12-27(32)30-22-10-6-8-20(13-22)19(3)31)24-15-25-26(21-9-7-11-23(14-21)33-4)16-35-29(25)18(2)28(24)34-5/h6-16H,1-5H3,(H,30,32)/b17-12+. The van der Waals surface area contributed by atoms with E-state index in [9.17, 15) is 9.59 Å². The lowest BCUT2D eigenvalue weighted by molar-refractivity contribution is -0.111. The minimum Gasteiger partial charge on any atom is -0.497 e. The Kier molecular flexibility index (Phi) is 6.73. The van der Waals surface area contributed by atoms with Gasteiger partial charge in [-0.25, -0.2) is 0 Å². The summed E-state index contributed by atoms with van der Waals surface area (Å²) in [5.74, 6) is 1.03. The summed E-state index contributed by atoms with van der Waals surface area (Å²) in [4.78, 5) is 24.4. The zero-order valence-electron chi connectivity index (χ0n) is 20.4. The Morgan fingerprint density at radius 2 is 1.74 bits per heavy atom. The van der Waals surface area contributed by atoms with Gasteiger partial charge in [0.05, 0.1) is 20.5 Å². The second kappa shape index (κ2) is 9.89. The average molecular weight is 470 g/mol. The molecule has 1 heterocycles. The number of anilines is 1. The Bertz CT molecular complexity index is 1460. The van der Waals surface area contributed by atoms with Crippen LogP contribution in [0.4, 0.5) is 5.69 Å². The molecule has 0 spiro atoms. The monoisotopic (exact) mass is 469 g/mol. The van der Waals surface area contributed by atoms with E-state index in [-0.39, 0.29) is 11.7 Å². The molecule has 0 radical (unpaired) electrons. The number of aryl methyl sites for hydroxylation is 1. The maximum Gasteiger partial charge on any atom is 0.248 e. The third-order valence-corrected chi connectivity index (χ3v) is 5.94. The molecule has 0 unspecified atom stereocenters. The molecule has 6 heteroatoms. The van der Waals surface area contributed by atoms with Gasteiger partial charge in [-0.3, -0.25) is 9.59 Å². The summed E-state index contributed by atoms with van der Waals surface area (Å²) in [5, 5.41) is 3.74. The van der Waals surface area contributed by atoms with E-state index in [4.69, 9.17) is 13.9 Å². The predicted molar refractivity (Wildman–Crippen MR) is 138 cm³/mol. The topological polar surface area (TPSA) is 77.8 Å². The molecule has 0 aliphatic rings. The van der Waals surface area contributed by atoms with Gasteiger partial charge in [-0.1, -0.05) is 24.3 Å². The van der Waals surface area contributed by atoms with Gasteiger partial charge in [0, 0.05) is 39.4 Å². The van der Waals surface area contributed by atoms with Crippen molar-refractivity contribution in [3.05, 3.63) is 83.6 Å². The Morgan fingerprint density at radius 1 is 0.971 bits per heavy atom. The van der Waals surface area contributed by atoms with Gasteiger partial charge in [0.25, 0.3) is 0 Å². The summed E-state index contributed by atoms with van der Waals surface area (Å²) in [6.45, 7) is 5.29. The summed E-state index contributed by atoms with van der Waals surface area (Å²) in [5.41, 5.74) is 6.06. The molecule has 0 aliphatic heterocycles. The number of ketones is 1. The van der Waals surface area contributed by atoms with Gasteiger partial charge in [-0.2, -0.15) is 0 Å². The largest absolute Gasteiger partial charge is 0.497 e. The lowest BCUT2D eigenvalue weighted by atomic mass is 9.96. The fraction of sp³-hybridized carbons (Fsp3) is 0.172. The number of furan rings is 1. The van der Waals surface area contributed by atoms with Crippen LogP contribution in [0.5, 0.6) is 11.5 Å². The van der Waals surface area contributed by atoms with Gasteiger partial charge < -0.3 is 19.2 Å². The molecule has 6 nitrogen and oxygen atoms in total. The highest BCUT2D eigenvalue weighted by Gasteiger charge is 2.19. The van der Waals surface area contributed by atoms with E-state index in [1.165, 1.54) is 13.0 Å². The van der Waals surface area contributed by atoms with Crippen LogP contribution in [0.2, 0.25) is 0 Å². The van der Waals surface area contributed by atoms with Gasteiger partial charge in [0.2, 0.25) is 5.91 Å². The van der Waals surface area contributed by atoms with Crippen LogP contribution in [0.1, 0.15) is 35.3 Å². The number of nitrogens with one attached hydrogen (secondary N) is 1. The highest BCUT2D eigenvalue weighted by Crippen LogP contribution is 2.41. The van der Waals surface area contributed by atoms with E-state index in [2.05, 4.69) is 5.32 Å². The molecule has 0 aliphatic carbocycles. The van der Waals surface area contributed by atoms with Crippen molar-refractivity contribution in [3.8, 4) is 22.6 Å². The van der Waals surface area contributed by atoms with Crippen LogP contribution in [0, 0.1) is 6.92 Å². The number of amides is 1. The van der Waals surface area contributed by atoms with Crippen molar-refractivity contribution in [3.63, 3.8) is 0 Å². The smallest absolute Gasteiger partial charge is 0.248 e. The van der Waals surface area contributed by atoms with Gasteiger partial charge in [0.15, 0.2) is 5.78 Å². The maximum absolute atomic E-state index is 12.8. The molecule has 4 aromatic rings. The van der Waals surface area contributed by atoms with Crippen LogP contribution in [0.25, 0.3) is 27.7 Å². The molecule has 0 fully saturated rings. The fourth-order valence-corrected chi connectivity index (χ4v) is 4.15. The minimum atomic E-state index is -0.303. The number of Topliss-reactive ketones (excluding diaryl/α,β-unsaturated/α-hetero) is 1. The number of carbonyl (C=O) groups is 2. The van der Waals surface area contributed by atoms with Gasteiger partial charge >= 0.3 is 0 Å². The van der Waals surface area contributed by atoms with Crippen molar-refractivity contribution in [1.82, 2.24) is 0 Å². The summed E-state index contributed by atoms with van der Waals surface area (Å²) < 4.78 is 17.0. The number of methoxy groups -OCH3 is 2. The molecular weight excluding hydrogens is 442 g/mol. The third kappa shape index (κ3) is 4.82. The average Bonchev–Trinajstić information content (AvgIpc) is 3.28. The Morgan fingerprint density at radius 3 is 2.46 bits per heavy atom.